The first-order chi connectivity index (χ1) is 7.43. The molecule has 0 bridgehead atoms. The summed E-state index contributed by atoms with van der Waals surface area (Å²) in [7, 11) is -3.42. The lowest BCUT2D eigenvalue weighted by atomic mass is 10.1. The summed E-state index contributed by atoms with van der Waals surface area (Å²) in [4.78, 5) is 14.3. The Morgan fingerprint density at radius 3 is 2.81 bits per heavy atom. The highest BCUT2D eigenvalue weighted by atomic mass is 32.2. The van der Waals surface area contributed by atoms with E-state index in [0.29, 0.717) is 12.8 Å². The molecule has 1 atom stereocenters. The van der Waals surface area contributed by atoms with E-state index in [-0.39, 0.29) is 16.8 Å². The van der Waals surface area contributed by atoms with Crippen molar-refractivity contribution < 1.29 is 13.2 Å². The summed E-state index contributed by atoms with van der Waals surface area (Å²) in [6.45, 7) is 1.67. The van der Waals surface area contributed by atoms with Gasteiger partial charge in [0.05, 0.1) is 5.75 Å². The van der Waals surface area contributed by atoms with Crippen LogP contribution in [0.2, 0.25) is 0 Å². The number of primary amides is 1. The van der Waals surface area contributed by atoms with Crippen molar-refractivity contribution in [1.82, 2.24) is 15.2 Å². The Bertz CT molecular complexity index is 440. The summed E-state index contributed by atoms with van der Waals surface area (Å²) < 4.78 is 23.2. The van der Waals surface area contributed by atoms with E-state index in [4.69, 9.17) is 5.73 Å². The van der Waals surface area contributed by atoms with Gasteiger partial charge in [-0.3, -0.25) is 9.89 Å². The largest absolute Gasteiger partial charge is 0.369 e. The Balaban J connectivity index is 2.47. The van der Waals surface area contributed by atoms with Gasteiger partial charge < -0.3 is 5.73 Å². The molecule has 1 rings (SSSR count). The number of aromatic amines is 1. The average molecular weight is 246 g/mol. The molecule has 1 heterocycles. The van der Waals surface area contributed by atoms with Crippen LogP contribution in [0, 0.1) is 5.92 Å². The molecule has 90 valence electrons. The van der Waals surface area contributed by atoms with Gasteiger partial charge in [0.25, 0.3) is 0 Å². The van der Waals surface area contributed by atoms with Crippen LogP contribution >= 0.6 is 0 Å². The maximum atomic E-state index is 11.6. The normalized spacial score (nSPS) is 13.6. The number of carbonyl (C=O) groups is 1. The molecule has 0 fully saturated rings. The van der Waals surface area contributed by atoms with Crippen LogP contribution in [0.25, 0.3) is 0 Å². The molecule has 16 heavy (non-hydrogen) atoms. The van der Waals surface area contributed by atoms with Gasteiger partial charge in [-0.05, 0) is 12.8 Å². The van der Waals surface area contributed by atoms with Crippen LogP contribution in [-0.4, -0.2) is 35.3 Å². The number of nitrogens with one attached hydrogen (secondary N) is 1. The molecule has 0 aliphatic rings. The third-order valence-electron chi connectivity index (χ3n) is 2.22. The Kier molecular flexibility index (Phi) is 3.99. The molecule has 0 aliphatic carbocycles. The molecule has 0 aliphatic heterocycles. The smallest absolute Gasteiger partial charge is 0.242 e. The number of hydrogen-bond acceptors (Lipinski definition) is 5. The molecule has 1 aromatic rings. The molecule has 1 aromatic heterocycles. The van der Waals surface area contributed by atoms with Crippen molar-refractivity contribution in [3.05, 3.63) is 6.33 Å². The van der Waals surface area contributed by atoms with Gasteiger partial charge in [-0.25, -0.2) is 13.4 Å². The van der Waals surface area contributed by atoms with Crippen molar-refractivity contribution in [1.29, 1.82) is 0 Å². The monoisotopic (exact) mass is 246 g/mol. The maximum Gasteiger partial charge on any atom is 0.242 e. The molecule has 1 amide bonds. The molecule has 0 unspecified atom stereocenters. The molecule has 8 heteroatoms. The van der Waals surface area contributed by atoms with E-state index in [1.807, 2.05) is 0 Å². The maximum absolute atomic E-state index is 11.6. The molecule has 0 aromatic carbocycles. The standard InChI is InChI=1S/C8H14N4O3S/c1-6(7(9)13)3-2-4-16(14,15)8-10-5-11-12-8/h5-6H,2-4H2,1H3,(H2,9,13)(H,10,11,12)/t6-/m0/s1. The summed E-state index contributed by atoms with van der Waals surface area (Å²) in [5, 5.41) is 5.63. The zero-order valence-corrected chi connectivity index (χ0v) is 9.70. The number of sulfone groups is 1. The molecule has 0 radical (unpaired) electrons. The van der Waals surface area contributed by atoms with Gasteiger partial charge in [-0.15, -0.1) is 0 Å². The van der Waals surface area contributed by atoms with Crippen molar-refractivity contribution in [3.63, 3.8) is 0 Å². The minimum Gasteiger partial charge on any atom is -0.369 e. The van der Waals surface area contributed by atoms with Gasteiger partial charge in [0.1, 0.15) is 6.33 Å². The van der Waals surface area contributed by atoms with E-state index in [9.17, 15) is 13.2 Å². The molecule has 3 N–H and O–H groups in total. The minimum absolute atomic E-state index is 0.0696. The first-order valence-electron chi connectivity index (χ1n) is 4.81. The second-order valence-electron chi connectivity index (χ2n) is 3.56. The first kappa shape index (κ1) is 12.6. The minimum atomic E-state index is -3.42. The third-order valence-corrected chi connectivity index (χ3v) is 3.84. The van der Waals surface area contributed by atoms with Gasteiger partial charge in [0.2, 0.25) is 20.9 Å². The molecular weight excluding hydrogens is 232 g/mol. The Labute approximate surface area is 93.4 Å². The van der Waals surface area contributed by atoms with Gasteiger partial charge in [-0.1, -0.05) is 6.92 Å². The molecule has 0 spiro atoms. The number of nitrogens with zero attached hydrogens (tertiary/aromatic N) is 2. The van der Waals surface area contributed by atoms with E-state index in [0.717, 1.165) is 6.33 Å². The van der Waals surface area contributed by atoms with E-state index >= 15 is 0 Å². The van der Waals surface area contributed by atoms with Crippen LogP contribution < -0.4 is 5.73 Å². The van der Waals surface area contributed by atoms with E-state index < -0.39 is 15.7 Å². The lowest BCUT2D eigenvalue weighted by molar-refractivity contribution is -0.121. The predicted molar refractivity (Wildman–Crippen MR) is 56.0 cm³/mol. The second-order valence-corrected chi connectivity index (χ2v) is 5.58. The van der Waals surface area contributed by atoms with Crippen LogP contribution in [0.5, 0.6) is 0 Å². The summed E-state index contributed by atoms with van der Waals surface area (Å²) in [6.07, 6.45) is 1.95. The van der Waals surface area contributed by atoms with Crippen molar-refractivity contribution in [2.24, 2.45) is 11.7 Å². The number of aromatic nitrogens is 3. The third kappa shape index (κ3) is 3.30. The molecule has 7 nitrogen and oxygen atoms in total. The highest BCUT2D eigenvalue weighted by molar-refractivity contribution is 7.91. The number of amides is 1. The summed E-state index contributed by atoms with van der Waals surface area (Å²) >= 11 is 0. The zero-order valence-electron chi connectivity index (χ0n) is 8.88. The SMILES string of the molecule is C[C@@H](CCCS(=O)(=O)c1ncn[nH]1)C(N)=O. The van der Waals surface area contributed by atoms with Gasteiger partial charge in [0.15, 0.2) is 0 Å². The fourth-order valence-electron chi connectivity index (χ4n) is 1.16. The number of rotatable bonds is 6. The topological polar surface area (TPSA) is 119 Å². The number of carbonyl (C=O) groups excluding carboxylic acids is 1. The van der Waals surface area contributed by atoms with Crippen LogP contribution in [-0.2, 0) is 14.6 Å². The quantitative estimate of drug-likeness (QED) is 0.700. The van der Waals surface area contributed by atoms with Crippen LogP contribution in [0.4, 0.5) is 0 Å². The summed E-state index contributed by atoms with van der Waals surface area (Å²) in [6, 6.07) is 0. The van der Waals surface area contributed by atoms with Crippen LogP contribution in [0.1, 0.15) is 19.8 Å². The number of hydrogen-bond donors (Lipinski definition) is 2. The van der Waals surface area contributed by atoms with E-state index in [1.54, 1.807) is 6.92 Å². The number of nitrogens with two attached hydrogens (primary N) is 1. The van der Waals surface area contributed by atoms with Crippen molar-refractivity contribution in [2.75, 3.05) is 5.75 Å². The lowest BCUT2D eigenvalue weighted by Gasteiger charge is -2.05. The first-order valence-corrected chi connectivity index (χ1v) is 6.46. The highest BCUT2D eigenvalue weighted by Crippen LogP contribution is 2.10. The fourth-order valence-corrected chi connectivity index (χ4v) is 2.30. The van der Waals surface area contributed by atoms with Crippen molar-refractivity contribution >= 4 is 15.7 Å². The van der Waals surface area contributed by atoms with Gasteiger partial charge in [-0.2, -0.15) is 5.10 Å². The van der Waals surface area contributed by atoms with Crippen molar-refractivity contribution in [3.8, 4) is 0 Å². The molecule has 0 saturated heterocycles. The molecular formula is C8H14N4O3S. The summed E-state index contributed by atoms with van der Waals surface area (Å²) in [5.41, 5.74) is 5.06. The van der Waals surface area contributed by atoms with Crippen LogP contribution in [0.3, 0.4) is 0 Å². The number of H-pyrrole nitrogens is 1. The zero-order chi connectivity index (χ0) is 12.2. The molecule has 0 saturated carbocycles. The lowest BCUT2D eigenvalue weighted by Crippen LogP contribution is -2.21. The van der Waals surface area contributed by atoms with Crippen molar-refractivity contribution in [2.45, 2.75) is 24.9 Å². The van der Waals surface area contributed by atoms with Gasteiger partial charge >= 0.3 is 0 Å². The second kappa shape index (κ2) is 5.06. The van der Waals surface area contributed by atoms with E-state index in [1.165, 1.54) is 0 Å². The van der Waals surface area contributed by atoms with E-state index in [2.05, 4.69) is 15.2 Å². The predicted octanol–water partition coefficient (Wildman–Crippen LogP) is -0.520. The van der Waals surface area contributed by atoms with Gasteiger partial charge in [0, 0.05) is 5.92 Å². The average Bonchev–Trinajstić information content (AvgIpc) is 2.70. The highest BCUT2D eigenvalue weighted by Gasteiger charge is 2.18. The summed E-state index contributed by atoms with van der Waals surface area (Å²) in [5.74, 6) is -0.804. The Morgan fingerprint density at radius 2 is 2.31 bits per heavy atom. The Morgan fingerprint density at radius 1 is 1.62 bits per heavy atom. The fraction of sp³-hybridized carbons (Fsp3) is 0.625. The van der Waals surface area contributed by atoms with Crippen LogP contribution in [0.15, 0.2) is 11.5 Å². The Hall–Kier alpha value is -1.44.